The molecule has 6 heteroatoms. The van der Waals surface area contributed by atoms with Crippen LogP contribution in [0.25, 0.3) is 103 Å². The summed E-state index contributed by atoms with van der Waals surface area (Å²) in [5.74, 6) is 0.613. The molecule has 0 bridgehead atoms. The molecule has 0 radical (unpaired) electrons. The summed E-state index contributed by atoms with van der Waals surface area (Å²) in [6.45, 7) is 0. The number of hydrogen-bond acceptors (Lipinski definition) is 5. The van der Waals surface area contributed by atoms with Crippen LogP contribution in [0, 0.1) is 0 Å². The van der Waals surface area contributed by atoms with Crippen molar-refractivity contribution in [3.05, 3.63) is 127 Å². The average molecular weight is 608 g/mol. The van der Waals surface area contributed by atoms with Crippen molar-refractivity contribution in [1.82, 2.24) is 14.5 Å². The minimum Gasteiger partial charge on any atom is -0.456 e. The zero-order valence-electron chi connectivity index (χ0n) is 24.2. The number of benzene rings is 6. The van der Waals surface area contributed by atoms with Crippen molar-refractivity contribution >= 4 is 97.3 Å². The lowest BCUT2D eigenvalue weighted by Crippen LogP contribution is -2.03. The van der Waals surface area contributed by atoms with Gasteiger partial charge < -0.3 is 8.83 Å². The topological polar surface area (TPSA) is 57.0 Å². The van der Waals surface area contributed by atoms with E-state index in [1.165, 1.54) is 30.9 Å². The second kappa shape index (κ2) is 8.81. The van der Waals surface area contributed by atoms with Crippen molar-refractivity contribution in [2.75, 3.05) is 0 Å². The van der Waals surface area contributed by atoms with Gasteiger partial charge in [-0.2, -0.15) is 0 Å². The van der Waals surface area contributed by atoms with Crippen LogP contribution in [0.5, 0.6) is 0 Å². The predicted molar refractivity (Wildman–Crippen MR) is 189 cm³/mol. The van der Waals surface area contributed by atoms with Gasteiger partial charge >= 0.3 is 0 Å². The highest BCUT2D eigenvalue weighted by atomic mass is 32.1. The molecular formula is C40H21N3O2S. The number of thiophene rings is 1. The van der Waals surface area contributed by atoms with Gasteiger partial charge in [-0.25, -0.2) is 9.97 Å². The molecule has 46 heavy (non-hydrogen) atoms. The first-order valence-electron chi connectivity index (χ1n) is 15.2. The Morgan fingerprint density at radius 2 is 1.22 bits per heavy atom. The fraction of sp³-hybridized carbons (Fsp3) is 0. The maximum absolute atomic E-state index is 6.52. The number of rotatable bonds is 2. The van der Waals surface area contributed by atoms with Gasteiger partial charge in [0.2, 0.25) is 5.95 Å². The first-order valence-corrected chi connectivity index (χ1v) is 16.1. The predicted octanol–water partition coefficient (Wildman–Crippen LogP) is 11.4. The molecule has 0 spiro atoms. The second-order valence-corrected chi connectivity index (χ2v) is 12.8. The van der Waals surface area contributed by atoms with E-state index in [-0.39, 0.29) is 0 Å². The fourth-order valence-corrected chi connectivity index (χ4v) is 8.43. The van der Waals surface area contributed by atoms with Gasteiger partial charge in [0, 0.05) is 48.0 Å². The Bertz CT molecular complexity index is 3050. The Morgan fingerprint density at radius 1 is 0.522 bits per heavy atom. The van der Waals surface area contributed by atoms with Crippen LogP contribution in [0.15, 0.2) is 136 Å². The maximum Gasteiger partial charge on any atom is 0.236 e. The Labute approximate surface area is 264 Å². The van der Waals surface area contributed by atoms with E-state index in [2.05, 4.69) is 89.5 Å². The minimum absolute atomic E-state index is 0.613. The quantitative estimate of drug-likeness (QED) is 0.196. The largest absolute Gasteiger partial charge is 0.456 e. The number of para-hydroxylation sites is 3. The van der Waals surface area contributed by atoms with E-state index in [1.54, 1.807) is 0 Å². The van der Waals surface area contributed by atoms with Gasteiger partial charge in [0.05, 0.1) is 15.7 Å². The van der Waals surface area contributed by atoms with Crippen LogP contribution >= 0.6 is 11.3 Å². The highest BCUT2D eigenvalue weighted by Crippen LogP contribution is 2.44. The van der Waals surface area contributed by atoms with E-state index >= 15 is 0 Å². The lowest BCUT2D eigenvalue weighted by molar-refractivity contribution is 0.666. The van der Waals surface area contributed by atoms with E-state index in [0.717, 1.165) is 60.7 Å². The molecule has 0 saturated carbocycles. The molecule has 0 aliphatic heterocycles. The van der Waals surface area contributed by atoms with Crippen LogP contribution in [0.1, 0.15) is 0 Å². The molecular weight excluding hydrogens is 587 g/mol. The molecule has 0 saturated heterocycles. The summed E-state index contributed by atoms with van der Waals surface area (Å²) >= 11 is 1.82. The molecule has 11 rings (SSSR count). The molecule has 6 aromatic carbocycles. The molecule has 214 valence electrons. The van der Waals surface area contributed by atoms with Crippen LogP contribution < -0.4 is 0 Å². The molecule has 0 aliphatic rings. The fourth-order valence-electron chi connectivity index (χ4n) is 7.19. The lowest BCUT2D eigenvalue weighted by Gasteiger charge is -2.10. The Balaban J connectivity index is 1.30. The zero-order chi connectivity index (χ0) is 29.9. The first kappa shape index (κ1) is 24.4. The van der Waals surface area contributed by atoms with Crippen molar-refractivity contribution < 1.29 is 8.83 Å². The number of fused-ring (bicyclic) bond motifs is 13. The molecule has 0 unspecified atom stereocenters. The van der Waals surface area contributed by atoms with Crippen molar-refractivity contribution in [3.63, 3.8) is 0 Å². The summed E-state index contributed by atoms with van der Waals surface area (Å²) in [6.07, 6.45) is 0. The lowest BCUT2D eigenvalue weighted by atomic mass is 10.1. The SMILES string of the molecule is c1ccc2c(c1)oc1ccc(-c3nc(-n4c5ccccc5c5ccc6c7ccccc7sc6c54)nc4c3oc3ccccc34)cc12. The molecule has 0 aliphatic carbocycles. The minimum atomic E-state index is 0.613. The molecule has 0 amide bonds. The second-order valence-electron chi connectivity index (χ2n) is 11.7. The van der Waals surface area contributed by atoms with Crippen molar-refractivity contribution in [2.24, 2.45) is 0 Å². The van der Waals surface area contributed by atoms with Gasteiger partial charge in [0.25, 0.3) is 0 Å². The Kier molecular flexibility index (Phi) is 4.66. The normalized spacial score (nSPS) is 12.3. The summed E-state index contributed by atoms with van der Waals surface area (Å²) in [5.41, 5.74) is 7.84. The number of nitrogens with zero attached hydrogens (tertiary/aromatic N) is 3. The molecule has 5 heterocycles. The third-order valence-corrected chi connectivity index (χ3v) is 10.4. The average Bonchev–Trinajstić information content (AvgIpc) is 3.86. The van der Waals surface area contributed by atoms with Gasteiger partial charge in [-0.1, -0.05) is 78.9 Å². The smallest absolute Gasteiger partial charge is 0.236 e. The zero-order valence-corrected chi connectivity index (χ0v) is 25.0. The van der Waals surface area contributed by atoms with Crippen LogP contribution in [0.2, 0.25) is 0 Å². The summed E-state index contributed by atoms with van der Waals surface area (Å²) in [7, 11) is 0. The third kappa shape index (κ3) is 3.18. The first-order chi connectivity index (χ1) is 22.8. The van der Waals surface area contributed by atoms with E-state index < -0.39 is 0 Å². The number of hydrogen-bond donors (Lipinski definition) is 0. The highest BCUT2D eigenvalue weighted by Gasteiger charge is 2.23. The summed E-state index contributed by atoms with van der Waals surface area (Å²) in [6, 6.07) is 44.2. The maximum atomic E-state index is 6.52. The van der Waals surface area contributed by atoms with Gasteiger partial charge in [-0.15, -0.1) is 11.3 Å². The molecule has 5 nitrogen and oxygen atoms in total. The van der Waals surface area contributed by atoms with Gasteiger partial charge in [-0.3, -0.25) is 4.57 Å². The van der Waals surface area contributed by atoms with Crippen molar-refractivity contribution in [1.29, 1.82) is 0 Å². The highest BCUT2D eigenvalue weighted by molar-refractivity contribution is 7.26. The van der Waals surface area contributed by atoms with Crippen molar-refractivity contribution in [3.8, 4) is 17.2 Å². The van der Waals surface area contributed by atoms with Crippen LogP contribution in [-0.4, -0.2) is 14.5 Å². The van der Waals surface area contributed by atoms with E-state index in [4.69, 9.17) is 18.8 Å². The van der Waals surface area contributed by atoms with Crippen LogP contribution in [0.4, 0.5) is 0 Å². The molecule has 11 aromatic rings. The molecule has 0 N–H and O–H groups in total. The summed E-state index contributed by atoms with van der Waals surface area (Å²) < 4.78 is 17.4. The van der Waals surface area contributed by atoms with Gasteiger partial charge in [0.15, 0.2) is 5.58 Å². The molecule has 5 aromatic heterocycles. The summed E-state index contributed by atoms with van der Waals surface area (Å²) in [4.78, 5) is 10.7. The summed E-state index contributed by atoms with van der Waals surface area (Å²) in [5, 5.41) is 7.94. The molecule has 0 atom stereocenters. The van der Waals surface area contributed by atoms with E-state index in [1.807, 2.05) is 53.8 Å². The Morgan fingerprint density at radius 3 is 2.11 bits per heavy atom. The van der Waals surface area contributed by atoms with E-state index in [0.29, 0.717) is 11.5 Å². The monoisotopic (exact) mass is 607 g/mol. The standard InChI is InChI=1S/C40H21N3O2S/c1-5-13-30-23(9-1)26-18-19-27-25-11-4-8-16-34(25)46-39(27)37(26)43(30)40-41-35(38-36(42-40)28-12-3-7-15-32(28)45-38)22-17-20-33-29(21-22)24-10-2-6-14-31(24)44-33/h1-21H. The van der Waals surface area contributed by atoms with Crippen LogP contribution in [0.3, 0.4) is 0 Å². The number of aromatic nitrogens is 3. The van der Waals surface area contributed by atoms with Gasteiger partial charge in [-0.05, 0) is 48.5 Å². The Hall–Kier alpha value is -5.98. The van der Waals surface area contributed by atoms with Crippen LogP contribution in [-0.2, 0) is 0 Å². The molecule has 0 fully saturated rings. The van der Waals surface area contributed by atoms with E-state index in [9.17, 15) is 0 Å². The third-order valence-electron chi connectivity index (χ3n) is 9.24. The van der Waals surface area contributed by atoms with Crippen molar-refractivity contribution in [2.45, 2.75) is 0 Å². The number of furan rings is 2. The van der Waals surface area contributed by atoms with Gasteiger partial charge in [0.1, 0.15) is 28.0 Å².